The second kappa shape index (κ2) is 35.9. The van der Waals surface area contributed by atoms with Crippen molar-refractivity contribution >= 4 is 65.0 Å². The van der Waals surface area contributed by atoms with E-state index in [1.54, 1.807) is 55.5 Å². The van der Waals surface area contributed by atoms with Crippen LogP contribution in [0.2, 0.25) is 0 Å². The predicted molar refractivity (Wildman–Crippen MR) is 324 cm³/mol. The van der Waals surface area contributed by atoms with E-state index in [0.717, 1.165) is 5.56 Å². The Kier molecular flexibility index (Phi) is 30.7. The fraction of sp³-hybridized carbons (Fsp3) is 0.717. The van der Waals surface area contributed by atoms with Gasteiger partial charge in [-0.15, -0.1) is 0 Å². The maximum atomic E-state index is 14.4. The van der Waals surface area contributed by atoms with E-state index in [-0.39, 0.29) is 31.7 Å². The van der Waals surface area contributed by atoms with E-state index in [9.17, 15) is 63.0 Å². The van der Waals surface area contributed by atoms with E-state index in [4.69, 9.17) is 10.5 Å². The van der Waals surface area contributed by atoms with Crippen LogP contribution in [0.5, 0.6) is 0 Å². The Morgan fingerprint density at radius 1 is 0.667 bits per heavy atom. The van der Waals surface area contributed by atoms with Crippen LogP contribution in [-0.4, -0.2) is 200 Å². The van der Waals surface area contributed by atoms with Crippen molar-refractivity contribution in [2.45, 2.75) is 199 Å². The molecule has 87 heavy (non-hydrogen) atoms. The number of esters is 1. The molecule has 1 aliphatic carbocycles. The van der Waals surface area contributed by atoms with Gasteiger partial charge in [0.05, 0.1) is 19.3 Å². The number of aliphatic hydroxyl groups excluding tert-OH is 2. The molecule has 2 unspecified atom stereocenters. The van der Waals surface area contributed by atoms with Crippen LogP contribution in [0.4, 0.5) is 0 Å². The van der Waals surface area contributed by atoms with E-state index in [0.29, 0.717) is 45.1 Å². The standard InChI is InChI=1S/C60H101N13O14/c1-14-32(5)44(68-51(78)41(62-11)28-38-22-19-18-20-23-38)54(81)65-42(30-74)52(79)64-40(24-21-26-61)50(77)67-46(34(7)16-3)56(83)69-45(33(6)15-2)55(82)66-43(31-75)53(80)70-48-37(10)87-58(85)47(35(8)17-4)71-59(86)60(29-39(60)25-27-73(12)13)72-49(76)36(9)63-57(48)84/h18-20,22-23,32-37,39-48,62,74-75H,14-17,21,24-31,61H2,1-13H3,(H,63,84)(H,64,79)(H,65,81)(H,66,82)(H,67,77)(H,68,78)(H,69,83)(H,70,80)(H,71,86)(H,72,76)/t32-,33-,34-,35-,36-,37-,39?,40+,41+,42-,43-,44-,45-,46+,47-,48+,60?/m0/s1. The number of nitrogens with zero attached hydrogens (tertiary/aromatic N) is 1. The molecule has 10 amide bonds. The zero-order valence-electron chi connectivity index (χ0n) is 53.1. The lowest BCUT2D eigenvalue weighted by atomic mass is 9.94. The molecule has 1 spiro atoms. The van der Waals surface area contributed by atoms with E-state index >= 15 is 0 Å². The first-order chi connectivity index (χ1) is 41.1. The van der Waals surface area contributed by atoms with Gasteiger partial charge in [-0.1, -0.05) is 111 Å². The van der Waals surface area contributed by atoms with Crippen LogP contribution in [0.3, 0.4) is 0 Å². The van der Waals surface area contributed by atoms with Gasteiger partial charge < -0.3 is 84.1 Å². The highest BCUT2D eigenvalue weighted by molar-refractivity contribution is 6.01. The number of ether oxygens (including phenoxy) is 1. The first-order valence-corrected chi connectivity index (χ1v) is 30.7. The number of nitrogens with one attached hydrogen (secondary N) is 11. The Balaban J connectivity index is 1.83. The first kappa shape index (κ1) is 74.4. The Hall–Kier alpha value is -6.81. The summed E-state index contributed by atoms with van der Waals surface area (Å²) in [6.45, 7) is 15.4. The number of hydrogen-bond donors (Lipinski definition) is 14. The number of carbonyl (C=O) groups is 11. The van der Waals surface area contributed by atoms with Crippen molar-refractivity contribution < 1.29 is 67.7 Å². The number of amides is 10. The van der Waals surface area contributed by atoms with Gasteiger partial charge >= 0.3 is 5.97 Å². The van der Waals surface area contributed by atoms with Crippen molar-refractivity contribution in [2.75, 3.05) is 47.4 Å². The van der Waals surface area contributed by atoms with Crippen LogP contribution in [0.25, 0.3) is 0 Å². The monoisotopic (exact) mass is 1230 g/mol. The van der Waals surface area contributed by atoms with Crippen LogP contribution in [0.1, 0.15) is 126 Å². The summed E-state index contributed by atoms with van der Waals surface area (Å²) in [4.78, 5) is 156. The number of benzene rings is 1. The fourth-order valence-corrected chi connectivity index (χ4v) is 10.00. The van der Waals surface area contributed by atoms with Crippen molar-refractivity contribution in [1.82, 2.24) is 63.4 Å². The summed E-state index contributed by atoms with van der Waals surface area (Å²) < 4.78 is 5.79. The molecule has 17 atom stereocenters. The zero-order valence-corrected chi connectivity index (χ0v) is 53.1. The number of hydrogen-bond acceptors (Lipinski definition) is 17. The van der Waals surface area contributed by atoms with Crippen molar-refractivity contribution in [1.29, 1.82) is 0 Å². The summed E-state index contributed by atoms with van der Waals surface area (Å²) in [7, 11) is 5.37. The third-order valence-electron chi connectivity index (χ3n) is 16.9. The molecule has 1 heterocycles. The topological polar surface area (TPSA) is 399 Å². The average Bonchev–Trinajstić information content (AvgIpc) is 1.66. The zero-order chi connectivity index (χ0) is 65.5. The van der Waals surface area contributed by atoms with Gasteiger partial charge in [0.2, 0.25) is 59.1 Å². The highest BCUT2D eigenvalue weighted by Crippen LogP contribution is 2.46. The highest BCUT2D eigenvalue weighted by Gasteiger charge is 2.61. The minimum atomic E-state index is -1.78. The van der Waals surface area contributed by atoms with Gasteiger partial charge in [-0.2, -0.15) is 0 Å². The molecule has 1 saturated carbocycles. The summed E-state index contributed by atoms with van der Waals surface area (Å²) in [6, 6.07) is -4.21. The quantitative estimate of drug-likeness (QED) is 0.0335. The second-order valence-corrected chi connectivity index (χ2v) is 23.8. The first-order valence-electron chi connectivity index (χ1n) is 30.7. The number of rotatable bonds is 33. The molecular weight excluding hydrogens is 1130 g/mol. The molecule has 1 aromatic carbocycles. The van der Waals surface area contributed by atoms with E-state index in [1.807, 2.05) is 56.3 Å². The number of carbonyl (C=O) groups excluding carboxylic acids is 11. The molecular formula is C60H101N13O14. The maximum absolute atomic E-state index is 14.4. The molecule has 27 nitrogen and oxygen atoms in total. The van der Waals surface area contributed by atoms with E-state index < -0.39 is 174 Å². The van der Waals surface area contributed by atoms with Crippen LogP contribution in [0.15, 0.2) is 30.3 Å². The predicted octanol–water partition coefficient (Wildman–Crippen LogP) is -2.12. The Labute approximate surface area is 512 Å². The summed E-state index contributed by atoms with van der Waals surface area (Å²) >= 11 is 0. The molecule has 2 fully saturated rings. The minimum absolute atomic E-state index is 0.0384. The lowest BCUT2D eigenvalue weighted by Gasteiger charge is -2.31. The van der Waals surface area contributed by atoms with Gasteiger partial charge in [0.1, 0.15) is 66.0 Å². The Bertz CT molecular complexity index is 2490. The normalized spacial score (nSPS) is 23.6. The van der Waals surface area contributed by atoms with Gasteiger partial charge in [0.25, 0.3) is 0 Å². The number of nitrogens with two attached hydrogens (primary N) is 1. The Morgan fingerprint density at radius 3 is 1.63 bits per heavy atom. The van der Waals surface area contributed by atoms with Crippen LogP contribution < -0.4 is 64.2 Å². The molecule has 15 N–H and O–H groups in total. The van der Waals surface area contributed by atoms with Crippen molar-refractivity contribution in [3.05, 3.63) is 35.9 Å². The SMILES string of the molecule is CC[C@H](C)[C@H](NC(=O)[C@@H](Cc1ccccc1)NC)C(=O)N[C@@H](CO)C(=O)N[C@H](CCCN)C(=O)N[C@@H](C(=O)N[C@H](C(=O)N[C@@H](CO)C(=O)N[C@H]1C(=O)N[C@@H](C)C(=O)NC2(CC2CCN(C)C)C(=O)N[C@@H]([C@@H](C)CC)C(=O)O[C@H]1C)[C@@H](C)CC)[C@@H](C)CC. The number of cyclic esters (lactones) is 1. The summed E-state index contributed by atoms with van der Waals surface area (Å²) in [5, 5.41) is 50.3. The molecule has 490 valence electrons. The molecule has 0 bridgehead atoms. The van der Waals surface area contributed by atoms with Gasteiger partial charge in [-0.3, -0.25) is 47.9 Å². The smallest absolute Gasteiger partial charge is 0.329 e. The fourth-order valence-electron chi connectivity index (χ4n) is 10.00. The molecule has 3 rings (SSSR count). The summed E-state index contributed by atoms with van der Waals surface area (Å²) in [5.74, 6) is -11.4. The third kappa shape index (κ3) is 21.5. The van der Waals surface area contributed by atoms with E-state index in [1.165, 1.54) is 13.8 Å². The third-order valence-corrected chi connectivity index (χ3v) is 16.9. The van der Waals surface area contributed by atoms with Gasteiger partial charge in [-0.05, 0) is 115 Å². The van der Waals surface area contributed by atoms with Crippen molar-refractivity contribution in [3.63, 3.8) is 0 Å². The highest BCUT2D eigenvalue weighted by atomic mass is 16.5. The summed E-state index contributed by atoms with van der Waals surface area (Å²) in [5.41, 5.74) is 5.35. The van der Waals surface area contributed by atoms with Gasteiger partial charge in [-0.25, -0.2) is 4.79 Å². The molecule has 0 aromatic heterocycles. The molecule has 0 radical (unpaired) electrons. The van der Waals surface area contributed by atoms with Crippen molar-refractivity contribution in [2.24, 2.45) is 35.3 Å². The van der Waals surface area contributed by atoms with Crippen LogP contribution in [-0.2, 0) is 63.9 Å². The van der Waals surface area contributed by atoms with Crippen LogP contribution >= 0.6 is 0 Å². The van der Waals surface area contributed by atoms with E-state index in [2.05, 4.69) is 58.5 Å². The lowest BCUT2D eigenvalue weighted by molar-refractivity contribution is -0.157. The van der Waals surface area contributed by atoms with Gasteiger partial charge in [0, 0.05) is 0 Å². The largest absolute Gasteiger partial charge is 0.458 e. The molecule has 2 aliphatic rings. The van der Waals surface area contributed by atoms with Gasteiger partial charge in [0.15, 0.2) is 0 Å². The molecule has 1 aromatic rings. The molecule has 27 heteroatoms. The average molecular weight is 1230 g/mol. The number of aliphatic hydroxyl groups is 2. The molecule has 1 aliphatic heterocycles. The van der Waals surface area contributed by atoms with Crippen LogP contribution in [0, 0.1) is 29.6 Å². The Morgan fingerprint density at radius 2 is 1.15 bits per heavy atom. The minimum Gasteiger partial charge on any atom is -0.458 e. The van der Waals surface area contributed by atoms with Crippen molar-refractivity contribution in [3.8, 4) is 0 Å². The maximum Gasteiger partial charge on any atom is 0.329 e. The molecule has 1 saturated heterocycles. The summed E-state index contributed by atoms with van der Waals surface area (Å²) in [6.07, 6.45) is 1.39. The second-order valence-electron chi connectivity index (χ2n) is 23.8. The number of likely N-dealkylation sites (N-methyl/N-ethyl adjacent to an activating group) is 1. The lowest BCUT2D eigenvalue weighted by Crippen LogP contribution is -2.63.